The molecule has 0 bridgehead atoms. The smallest absolute Gasteiger partial charge is 0.306 e. The molecule has 4 rings (SSSR count). The Balaban J connectivity index is 2.08. The third-order valence-corrected chi connectivity index (χ3v) is 7.80. The van der Waals surface area contributed by atoms with Gasteiger partial charge in [-0.1, -0.05) is 48.0 Å². The Morgan fingerprint density at radius 2 is 1.59 bits per heavy atom. The number of nitro groups is 1. The maximum absolute atomic E-state index is 14.2. The summed E-state index contributed by atoms with van der Waals surface area (Å²) in [5, 5.41) is 13.2. The lowest BCUT2D eigenvalue weighted by Gasteiger charge is -2.21. The van der Waals surface area contributed by atoms with Crippen molar-refractivity contribution in [3.05, 3.63) is 99.2 Å². The van der Waals surface area contributed by atoms with Crippen molar-refractivity contribution in [2.45, 2.75) is 20.3 Å². The van der Waals surface area contributed by atoms with Gasteiger partial charge in [0.1, 0.15) is 5.44 Å². The van der Waals surface area contributed by atoms with E-state index in [1.165, 1.54) is 12.1 Å². The molecule has 0 aliphatic carbocycles. The molecule has 4 aromatic rings. The fraction of sp³-hybridized carbons (Fsp3) is 0.200. The first-order chi connectivity index (χ1) is 16.4. The molecule has 0 unspecified atom stereocenters. The first-order valence-electron chi connectivity index (χ1n) is 10.9. The molecule has 34 heavy (non-hydrogen) atoms. The maximum Gasteiger partial charge on any atom is 0.378 e. The lowest BCUT2D eigenvalue weighted by molar-refractivity contribution is -0.384. The molecule has 0 N–H and O–H groups in total. The Kier molecular flexibility index (Phi) is 7.19. The Hall–Kier alpha value is -2.96. The summed E-state index contributed by atoms with van der Waals surface area (Å²) in [7, 11) is -3.78. The second-order valence-electron chi connectivity index (χ2n) is 7.56. The van der Waals surface area contributed by atoms with E-state index in [1.807, 2.05) is 41.0 Å². The van der Waals surface area contributed by atoms with Gasteiger partial charge in [0.05, 0.1) is 18.1 Å². The molecule has 0 aliphatic heterocycles. The van der Waals surface area contributed by atoms with Crippen LogP contribution in [-0.4, -0.2) is 22.7 Å². The van der Waals surface area contributed by atoms with Gasteiger partial charge in [0.2, 0.25) is 0 Å². The molecule has 0 saturated carbocycles. The molecule has 176 valence electrons. The van der Waals surface area contributed by atoms with Gasteiger partial charge in [-0.05, 0) is 43.7 Å². The summed E-state index contributed by atoms with van der Waals surface area (Å²) in [4.78, 5) is 10.8. The first-order valence-corrected chi connectivity index (χ1v) is 12.8. The fourth-order valence-electron chi connectivity index (χ4n) is 4.06. The largest absolute Gasteiger partial charge is 0.378 e. The number of benzene rings is 3. The van der Waals surface area contributed by atoms with E-state index in [4.69, 9.17) is 20.6 Å². The van der Waals surface area contributed by atoms with Crippen LogP contribution >= 0.6 is 19.2 Å². The van der Waals surface area contributed by atoms with Crippen LogP contribution in [0.25, 0.3) is 16.5 Å². The van der Waals surface area contributed by atoms with Gasteiger partial charge in [0.15, 0.2) is 0 Å². The summed E-state index contributed by atoms with van der Waals surface area (Å²) in [6, 6.07) is 21.5. The zero-order chi connectivity index (χ0) is 24.3. The van der Waals surface area contributed by atoms with Crippen LogP contribution in [0.2, 0.25) is 5.02 Å². The number of non-ortho nitro benzene ring substituents is 1. The second-order valence-corrected chi connectivity index (χ2v) is 9.94. The summed E-state index contributed by atoms with van der Waals surface area (Å²) >= 11 is 6.36. The molecule has 3 aromatic carbocycles. The van der Waals surface area contributed by atoms with E-state index in [1.54, 1.807) is 38.1 Å². The van der Waals surface area contributed by atoms with Gasteiger partial charge in [-0.2, -0.15) is 0 Å². The number of hydrogen-bond acceptors (Lipinski definition) is 5. The third-order valence-electron chi connectivity index (χ3n) is 5.41. The summed E-state index contributed by atoms with van der Waals surface area (Å²) in [6.07, 6.45) is 0.522. The summed E-state index contributed by atoms with van der Waals surface area (Å²) in [5.74, 6) is 0. The Bertz CT molecular complexity index is 1360. The molecule has 0 aliphatic rings. The highest BCUT2D eigenvalue weighted by molar-refractivity contribution is 7.62. The number of aromatic nitrogens is 1. The van der Waals surface area contributed by atoms with Gasteiger partial charge in [-0.15, -0.1) is 0 Å². The minimum Gasteiger partial charge on any atom is -0.306 e. The van der Waals surface area contributed by atoms with Crippen LogP contribution in [0.4, 0.5) is 5.69 Å². The number of fused-ring (bicyclic) bond motifs is 1. The Labute approximate surface area is 202 Å². The Morgan fingerprint density at radius 1 is 0.941 bits per heavy atom. The summed E-state index contributed by atoms with van der Waals surface area (Å²) in [6.45, 7) is 3.87. The van der Waals surface area contributed by atoms with Gasteiger partial charge >= 0.3 is 7.60 Å². The molecular formula is C25H24ClN2O5P. The zero-order valence-corrected chi connectivity index (χ0v) is 20.5. The monoisotopic (exact) mass is 498 g/mol. The van der Waals surface area contributed by atoms with Crippen molar-refractivity contribution >= 4 is 41.1 Å². The highest BCUT2D eigenvalue weighted by atomic mass is 35.5. The van der Waals surface area contributed by atoms with Crippen LogP contribution < -0.4 is 5.44 Å². The summed E-state index contributed by atoms with van der Waals surface area (Å²) in [5.41, 5.74) is 2.83. The van der Waals surface area contributed by atoms with Gasteiger partial charge < -0.3 is 13.6 Å². The van der Waals surface area contributed by atoms with Crippen molar-refractivity contribution in [1.82, 2.24) is 4.57 Å². The molecule has 1 heterocycles. The predicted octanol–water partition coefficient (Wildman–Crippen LogP) is 6.67. The molecule has 7 nitrogen and oxygen atoms in total. The standard InChI is InChI=1S/C25H24ClN2O5P/c1-3-32-34(31,33-4-2)25-23-17-19(26)10-15-22(23)24(16-18-8-6-5-7-9-18)27(25)20-11-13-21(14-12-20)28(29)30/h5-15,17H,3-4,16H2,1-2H3. The fourth-order valence-corrected chi connectivity index (χ4v) is 6.19. The highest BCUT2D eigenvalue weighted by Crippen LogP contribution is 2.50. The lowest BCUT2D eigenvalue weighted by atomic mass is 10.1. The molecule has 9 heteroatoms. The number of rotatable bonds is 9. The van der Waals surface area contributed by atoms with E-state index >= 15 is 0 Å². The normalized spacial score (nSPS) is 11.7. The molecule has 0 saturated heterocycles. The number of halogens is 1. The van der Waals surface area contributed by atoms with E-state index in [0.29, 0.717) is 28.0 Å². The van der Waals surface area contributed by atoms with Crippen molar-refractivity contribution in [1.29, 1.82) is 0 Å². The van der Waals surface area contributed by atoms with Crippen molar-refractivity contribution in [3.8, 4) is 5.69 Å². The van der Waals surface area contributed by atoms with Gasteiger partial charge in [-0.3, -0.25) is 14.7 Å². The van der Waals surface area contributed by atoms with Crippen LogP contribution in [0.15, 0.2) is 72.8 Å². The van der Waals surface area contributed by atoms with E-state index < -0.39 is 12.5 Å². The molecule has 0 spiro atoms. The van der Waals surface area contributed by atoms with Gasteiger partial charge in [-0.25, -0.2) is 0 Å². The average molecular weight is 499 g/mol. The van der Waals surface area contributed by atoms with Crippen LogP contribution in [0.5, 0.6) is 0 Å². The van der Waals surface area contributed by atoms with E-state index in [2.05, 4.69) is 0 Å². The third kappa shape index (κ3) is 4.65. The Morgan fingerprint density at radius 3 is 2.18 bits per heavy atom. The molecular weight excluding hydrogens is 475 g/mol. The lowest BCUT2D eigenvalue weighted by Crippen LogP contribution is -2.21. The van der Waals surface area contributed by atoms with Crippen LogP contribution in [0.3, 0.4) is 0 Å². The topological polar surface area (TPSA) is 83.6 Å². The first kappa shape index (κ1) is 24.2. The predicted molar refractivity (Wildman–Crippen MR) is 135 cm³/mol. The van der Waals surface area contributed by atoms with Crippen molar-refractivity contribution in [2.75, 3.05) is 13.2 Å². The molecule has 0 fully saturated rings. The molecule has 0 radical (unpaired) electrons. The van der Waals surface area contributed by atoms with Gasteiger partial charge in [0, 0.05) is 45.7 Å². The van der Waals surface area contributed by atoms with E-state index in [-0.39, 0.29) is 18.9 Å². The zero-order valence-electron chi connectivity index (χ0n) is 18.8. The summed E-state index contributed by atoms with van der Waals surface area (Å²) < 4.78 is 27.5. The maximum atomic E-state index is 14.2. The quantitative estimate of drug-likeness (QED) is 0.146. The van der Waals surface area contributed by atoms with Crippen LogP contribution in [0.1, 0.15) is 25.1 Å². The van der Waals surface area contributed by atoms with Crippen molar-refractivity contribution in [2.24, 2.45) is 0 Å². The molecule has 0 amide bonds. The van der Waals surface area contributed by atoms with Gasteiger partial charge in [0.25, 0.3) is 5.69 Å². The molecule has 1 aromatic heterocycles. The second kappa shape index (κ2) is 10.1. The number of nitro benzene ring substituents is 1. The minimum absolute atomic E-state index is 0.0348. The van der Waals surface area contributed by atoms with E-state index in [0.717, 1.165) is 16.6 Å². The number of nitrogens with zero attached hydrogens (tertiary/aromatic N) is 2. The van der Waals surface area contributed by atoms with Crippen molar-refractivity contribution < 1.29 is 18.5 Å². The SMILES string of the molecule is CCOP(=O)(OCC)c1c2cc(Cl)ccc2c(Cc2ccccc2)n1-c1ccc([N+](=O)[O-])cc1. The van der Waals surface area contributed by atoms with Crippen LogP contribution in [0, 0.1) is 10.1 Å². The molecule has 0 atom stereocenters. The average Bonchev–Trinajstić information content (AvgIpc) is 3.14. The van der Waals surface area contributed by atoms with Crippen LogP contribution in [-0.2, 0) is 20.0 Å². The van der Waals surface area contributed by atoms with Crippen molar-refractivity contribution in [3.63, 3.8) is 0 Å². The minimum atomic E-state index is -3.78. The highest BCUT2D eigenvalue weighted by Gasteiger charge is 2.36. The van der Waals surface area contributed by atoms with E-state index in [9.17, 15) is 14.7 Å². The number of hydrogen-bond donors (Lipinski definition) is 0.